The van der Waals surface area contributed by atoms with Crippen LogP contribution in [-0.4, -0.2) is 52.4 Å². The lowest BCUT2D eigenvalue weighted by atomic mass is 9.88. The second-order valence-corrected chi connectivity index (χ2v) is 13.2. The molecular formula is C34H35ClN6O2S. The molecule has 8 nitrogen and oxygen atoms in total. The molecular weight excluding hydrogens is 592 g/mol. The van der Waals surface area contributed by atoms with Gasteiger partial charge in [-0.05, 0) is 66.9 Å². The molecule has 2 fully saturated rings. The van der Waals surface area contributed by atoms with Gasteiger partial charge in [-0.25, -0.2) is 4.98 Å². The first-order valence-electron chi connectivity index (χ1n) is 15.2. The Kier molecular flexibility index (Phi) is 9.29. The van der Waals surface area contributed by atoms with Crippen molar-refractivity contribution in [1.29, 1.82) is 5.26 Å². The minimum atomic E-state index is 0.0298. The van der Waals surface area contributed by atoms with Crippen molar-refractivity contribution in [2.75, 3.05) is 36.0 Å². The number of nitriles is 1. The Bertz CT molecular complexity index is 1630. The lowest BCUT2D eigenvalue weighted by Gasteiger charge is -2.36. The van der Waals surface area contributed by atoms with Crippen LogP contribution in [0.4, 0.5) is 11.4 Å². The maximum atomic E-state index is 14.0. The van der Waals surface area contributed by atoms with Crippen LogP contribution in [0.2, 0.25) is 4.34 Å². The SMILES string of the molecule is N#Cc1ccc(Cn2cncc2CN(C(=O)C2CCCCC2)c2ccc(N3CCN(C(=O)c4ccc(Cl)s4)CC3)cc2)cc1. The lowest BCUT2D eigenvalue weighted by Crippen LogP contribution is -2.48. The van der Waals surface area contributed by atoms with Crippen molar-refractivity contribution in [2.45, 2.75) is 45.2 Å². The van der Waals surface area contributed by atoms with Crippen molar-refractivity contribution in [1.82, 2.24) is 14.5 Å². The van der Waals surface area contributed by atoms with Gasteiger partial charge in [0.05, 0.1) is 39.4 Å². The molecule has 2 aliphatic rings. The van der Waals surface area contributed by atoms with Crippen molar-refractivity contribution in [2.24, 2.45) is 5.92 Å². The number of aromatic nitrogens is 2. The number of carbonyl (C=O) groups excluding carboxylic acids is 2. The summed E-state index contributed by atoms with van der Waals surface area (Å²) in [7, 11) is 0. The van der Waals surface area contributed by atoms with Gasteiger partial charge < -0.3 is 19.3 Å². The van der Waals surface area contributed by atoms with E-state index in [0.29, 0.717) is 41.0 Å². The molecule has 1 aliphatic carbocycles. The van der Waals surface area contributed by atoms with Gasteiger partial charge in [0.25, 0.3) is 5.91 Å². The topological polar surface area (TPSA) is 85.5 Å². The smallest absolute Gasteiger partial charge is 0.264 e. The van der Waals surface area contributed by atoms with E-state index in [1.165, 1.54) is 17.8 Å². The highest BCUT2D eigenvalue weighted by atomic mass is 35.5. The van der Waals surface area contributed by atoms with Gasteiger partial charge in [-0.3, -0.25) is 9.59 Å². The molecule has 2 aromatic heterocycles. The van der Waals surface area contributed by atoms with E-state index in [0.717, 1.165) is 61.4 Å². The van der Waals surface area contributed by atoms with E-state index >= 15 is 0 Å². The van der Waals surface area contributed by atoms with Crippen molar-refractivity contribution >= 4 is 46.1 Å². The second kappa shape index (κ2) is 13.7. The lowest BCUT2D eigenvalue weighted by molar-refractivity contribution is -0.123. The van der Waals surface area contributed by atoms with Crippen LogP contribution in [0, 0.1) is 17.2 Å². The van der Waals surface area contributed by atoms with Gasteiger partial charge in [-0.1, -0.05) is 43.0 Å². The molecule has 0 atom stereocenters. The largest absolute Gasteiger partial charge is 0.368 e. The number of nitrogens with zero attached hydrogens (tertiary/aromatic N) is 6. The Labute approximate surface area is 267 Å². The van der Waals surface area contributed by atoms with Crippen LogP contribution in [0.1, 0.15) is 58.6 Å². The number of piperazine rings is 1. The van der Waals surface area contributed by atoms with E-state index in [1.54, 1.807) is 18.5 Å². The number of hydrogen-bond acceptors (Lipinski definition) is 6. The zero-order chi connectivity index (χ0) is 30.5. The summed E-state index contributed by atoms with van der Waals surface area (Å²) in [6.07, 6.45) is 8.87. The standard InChI is InChI=1S/C34H35ClN6O2S/c35-32-15-14-31(44-32)34(43)39-18-16-38(17-19-39)28-10-12-29(13-11-28)41(33(42)27-4-2-1-3-5-27)23-30-21-37-24-40(30)22-26-8-6-25(20-36)7-9-26/h6-15,21,24,27H,1-5,16-19,22-23H2. The first-order chi connectivity index (χ1) is 21.5. The third-order valence-corrected chi connectivity index (χ3v) is 9.87. The fourth-order valence-corrected chi connectivity index (χ4v) is 7.14. The second-order valence-electron chi connectivity index (χ2n) is 11.5. The maximum Gasteiger partial charge on any atom is 0.264 e. The molecule has 1 saturated heterocycles. The number of amides is 2. The molecule has 0 spiro atoms. The van der Waals surface area contributed by atoms with Crippen molar-refractivity contribution in [3.05, 3.63) is 99.2 Å². The maximum absolute atomic E-state index is 14.0. The van der Waals surface area contributed by atoms with Crippen LogP contribution >= 0.6 is 22.9 Å². The fraction of sp³-hybridized carbons (Fsp3) is 0.353. The van der Waals surface area contributed by atoms with E-state index in [1.807, 2.05) is 52.4 Å². The zero-order valence-corrected chi connectivity index (χ0v) is 26.1. The Morgan fingerprint density at radius 2 is 1.68 bits per heavy atom. The van der Waals surface area contributed by atoms with Gasteiger partial charge in [0.15, 0.2) is 0 Å². The molecule has 1 saturated carbocycles. The van der Waals surface area contributed by atoms with Crippen molar-refractivity contribution in [3.63, 3.8) is 0 Å². The zero-order valence-electron chi connectivity index (χ0n) is 24.6. The Balaban J connectivity index is 1.17. The van der Waals surface area contributed by atoms with Crippen LogP contribution in [0.3, 0.4) is 0 Å². The molecule has 226 valence electrons. The minimum Gasteiger partial charge on any atom is -0.368 e. The Morgan fingerprint density at radius 3 is 2.34 bits per heavy atom. The van der Waals surface area contributed by atoms with Crippen LogP contribution < -0.4 is 9.80 Å². The van der Waals surface area contributed by atoms with Crippen LogP contribution in [0.25, 0.3) is 0 Å². The fourth-order valence-electron chi connectivity index (χ4n) is 6.13. The van der Waals surface area contributed by atoms with Gasteiger partial charge >= 0.3 is 0 Å². The number of carbonyl (C=O) groups is 2. The van der Waals surface area contributed by atoms with Crippen LogP contribution in [-0.2, 0) is 17.9 Å². The predicted molar refractivity (Wildman–Crippen MR) is 174 cm³/mol. The molecule has 0 unspecified atom stereocenters. The summed E-state index contributed by atoms with van der Waals surface area (Å²) in [5.74, 6) is 0.235. The average molecular weight is 627 g/mol. The monoisotopic (exact) mass is 626 g/mol. The first-order valence-corrected chi connectivity index (χ1v) is 16.4. The van der Waals surface area contributed by atoms with E-state index in [2.05, 4.69) is 32.7 Å². The number of thiophene rings is 1. The van der Waals surface area contributed by atoms with Crippen LogP contribution in [0.5, 0.6) is 0 Å². The minimum absolute atomic E-state index is 0.0298. The number of rotatable bonds is 8. The molecule has 6 rings (SSSR count). The molecule has 4 aromatic rings. The molecule has 10 heteroatoms. The van der Waals surface area contributed by atoms with E-state index in [4.69, 9.17) is 16.9 Å². The van der Waals surface area contributed by atoms with Gasteiger partial charge in [-0.15, -0.1) is 11.3 Å². The Hall–Kier alpha value is -4.13. The third kappa shape index (κ3) is 6.82. The number of imidazole rings is 1. The van der Waals surface area contributed by atoms with E-state index < -0.39 is 0 Å². The first kappa shape index (κ1) is 29.9. The molecule has 1 aliphatic heterocycles. The van der Waals surface area contributed by atoms with Crippen molar-refractivity contribution in [3.8, 4) is 6.07 Å². The molecule has 0 radical (unpaired) electrons. The summed E-state index contributed by atoms with van der Waals surface area (Å²) in [4.78, 5) is 38.0. The number of halogens is 1. The van der Waals surface area contributed by atoms with Gasteiger partial charge in [0.2, 0.25) is 5.91 Å². The summed E-state index contributed by atoms with van der Waals surface area (Å²) in [6.45, 7) is 3.81. The van der Waals surface area contributed by atoms with Gasteiger partial charge in [0.1, 0.15) is 0 Å². The highest BCUT2D eigenvalue weighted by Crippen LogP contribution is 2.30. The predicted octanol–water partition coefficient (Wildman–Crippen LogP) is 6.59. The molecule has 44 heavy (non-hydrogen) atoms. The number of hydrogen-bond donors (Lipinski definition) is 0. The summed E-state index contributed by atoms with van der Waals surface area (Å²) >= 11 is 7.36. The normalized spacial score (nSPS) is 15.6. The summed E-state index contributed by atoms with van der Waals surface area (Å²) in [5.41, 5.74) is 4.61. The third-order valence-electron chi connectivity index (χ3n) is 8.65. The molecule has 3 heterocycles. The highest BCUT2D eigenvalue weighted by molar-refractivity contribution is 7.17. The number of benzene rings is 2. The number of anilines is 2. The van der Waals surface area contributed by atoms with Crippen LogP contribution in [0.15, 0.2) is 73.2 Å². The summed E-state index contributed by atoms with van der Waals surface area (Å²) in [5, 5.41) is 9.13. The van der Waals surface area contributed by atoms with Gasteiger partial charge in [-0.2, -0.15) is 5.26 Å². The van der Waals surface area contributed by atoms with E-state index in [-0.39, 0.29) is 17.7 Å². The highest BCUT2D eigenvalue weighted by Gasteiger charge is 2.28. The molecule has 0 N–H and O–H groups in total. The average Bonchev–Trinajstić information content (AvgIpc) is 3.72. The Morgan fingerprint density at radius 1 is 0.955 bits per heavy atom. The summed E-state index contributed by atoms with van der Waals surface area (Å²) < 4.78 is 2.70. The summed E-state index contributed by atoms with van der Waals surface area (Å²) in [6, 6.07) is 21.5. The van der Waals surface area contributed by atoms with Gasteiger partial charge in [0, 0.05) is 56.2 Å². The van der Waals surface area contributed by atoms with E-state index in [9.17, 15) is 9.59 Å². The quantitative estimate of drug-likeness (QED) is 0.220. The molecule has 2 aromatic carbocycles. The molecule has 2 amide bonds. The van der Waals surface area contributed by atoms with Crippen molar-refractivity contribution < 1.29 is 9.59 Å². The molecule has 0 bridgehead atoms.